The second-order valence-corrected chi connectivity index (χ2v) is 7.75. The molecule has 0 amide bonds. The van der Waals surface area contributed by atoms with Gasteiger partial charge >= 0.3 is 23.9 Å². The monoisotopic (exact) mass is 484 g/mol. The number of carbonyl (C=O) groups is 4. The summed E-state index contributed by atoms with van der Waals surface area (Å²) in [5, 5.41) is 20.0. The van der Waals surface area contributed by atoms with E-state index in [2.05, 4.69) is 0 Å². The molecule has 0 saturated heterocycles. The van der Waals surface area contributed by atoms with E-state index >= 15 is 0 Å². The molecule has 8 nitrogen and oxygen atoms in total. The van der Waals surface area contributed by atoms with Crippen LogP contribution in [0.2, 0.25) is 0 Å². The molecule has 180 valence electrons. The van der Waals surface area contributed by atoms with Crippen LogP contribution in [0.15, 0.2) is 84.9 Å². The fourth-order valence-corrected chi connectivity index (χ4v) is 3.74. The molecule has 3 aliphatic heterocycles. The maximum Gasteiger partial charge on any atom is 0.338 e. The minimum absolute atomic E-state index is 0.0681. The number of carboxylic acids is 2. The minimum atomic E-state index is -1.08. The summed E-state index contributed by atoms with van der Waals surface area (Å²) in [5.41, 5.74) is 1.99. The van der Waals surface area contributed by atoms with Crippen LogP contribution >= 0.6 is 0 Å². The first-order valence-corrected chi connectivity index (χ1v) is 10.9. The molecule has 0 saturated carbocycles. The van der Waals surface area contributed by atoms with E-state index in [-0.39, 0.29) is 24.3 Å². The number of rotatable bonds is 3. The predicted molar refractivity (Wildman–Crippen MR) is 130 cm³/mol. The number of esters is 2. The Kier molecular flexibility index (Phi) is 7.06. The summed E-state index contributed by atoms with van der Waals surface area (Å²) < 4.78 is 9.99. The minimum Gasteiger partial charge on any atom is -0.478 e. The Balaban J connectivity index is 0.000000169. The lowest BCUT2D eigenvalue weighted by atomic mass is 9.95. The van der Waals surface area contributed by atoms with Crippen molar-refractivity contribution in [2.75, 3.05) is 13.2 Å². The van der Waals surface area contributed by atoms with Crippen molar-refractivity contribution in [3.8, 4) is 11.1 Å². The molecule has 36 heavy (non-hydrogen) atoms. The van der Waals surface area contributed by atoms with E-state index in [0.29, 0.717) is 22.3 Å². The molecule has 0 spiro atoms. The van der Waals surface area contributed by atoms with E-state index in [1.54, 1.807) is 72.8 Å². The molecule has 7 rings (SSSR count). The van der Waals surface area contributed by atoms with Crippen LogP contribution in [-0.2, 0) is 9.47 Å². The molecule has 0 aliphatic carbocycles. The highest BCUT2D eigenvalue weighted by Gasteiger charge is 2.16. The van der Waals surface area contributed by atoms with Crippen LogP contribution in [0.4, 0.5) is 0 Å². The summed E-state index contributed by atoms with van der Waals surface area (Å²) in [7, 11) is 0. The Morgan fingerprint density at radius 2 is 0.972 bits per heavy atom. The van der Waals surface area contributed by atoms with Crippen molar-refractivity contribution in [1.29, 1.82) is 0 Å². The van der Waals surface area contributed by atoms with Gasteiger partial charge in [-0.05, 0) is 58.3 Å². The average Bonchev–Trinajstić information content (AvgIpc) is 2.89. The molecule has 8 heteroatoms. The van der Waals surface area contributed by atoms with Crippen molar-refractivity contribution >= 4 is 34.6 Å². The number of ether oxygens (including phenoxy) is 2. The van der Waals surface area contributed by atoms with E-state index in [1.165, 1.54) is 12.1 Å². The standard InChI is InChI=1S/2C14H10O4/c15-13-11-3-1-9-7-12(4-2-10(9)8-11)14(16)18-6-5-17-13;15-13(16)11-7-3-1-5-9(11)10-6-2-4-8-12(10)14(17)18/h1-4,7-8H,5-6H2;1-8H,(H,15,16)(H,17,18). The van der Waals surface area contributed by atoms with E-state index in [0.717, 1.165) is 10.8 Å². The molecule has 4 bridgehead atoms. The van der Waals surface area contributed by atoms with Gasteiger partial charge < -0.3 is 19.7 Å². The van der Waals surface area contributed by atoms with Gasteiger partial charge in [0.15, 0.2) is 0 Å². The van der Waals surface area contributed by atoms with Crippen molar-refractivity contribution in [1.82, 2.24) is 0 Å². The van der Waals surface area contributed by atoms with Gasteiger partial charge in [0.05, 0.1) is 22.3 Å². The molecule has 0 unspecified atom stereocenters. The lowest BCUT2D eigenvalue weighted by Gasteiger charge is -2.10. The summed E-state index contributed by atoms with van der Waals surface area (Å²) in [5.74, 6) is -2.97. The Morgan fingerprint density at radius 1 is 0.583 bits per heavy atom. The number of fused-ring (bicyclic) bond motifs is 2. The zero-order valence-electron chi connectivity index (χ0n) is 18.8. The van der Waals surface area contributed by atoms with Crippen LogP contribution in [0.25, 0.3) is 21.9 Å². The molecular formula is C28H20O8. The highest BCUT2D eigenvalue weighted by atomic mass is 16.6. The van der Waals surface area contributed by atoms with Crippen LogP contribution in [0.3, 0.4) is 0 Å². The summed E-state index contributed by atoms with van der Waals surface area (Å²) in [6, 6.07) is 23.2. The van der Waals surface area contributed by atoms with Crippen molar-refractivity contribution in [2.24, 2.45) is 0 Å². The smallest absolute Gasteiger partial charge is 0.338 e. The van der Waals surface area contributed by atoms with Crippen molar-refractivity contribution in [3.05, 3.63) is 107 Å². The van der Waals surface area contributed by atoms with Gasteiger partial charge in [-0.25, -0.2) is 19.2 Å². The lowest BCUT2D eigenvalue weighted by molar-refractivity contribution is 0.0265. The number of aromatic carboxylic acids is 2. The van der Waals surface area contributed by atoms with E-state index in [4.69, 9.17) is 19.7 Å². The molecular weight excluding hydrogens is 464 g/mol. The molecule has 4 aromatic rings. The highest BCUT2D eigenvalue weighted by molar-refractivity contribution is 6.02. The summed E-state index contributed by atoms with van der Waals surface area (Å²) in [6.45, 7) is 0.136. The lowest BCUT2D eigenvalue weighted by Crippen LogP contribution is -2.15. The van der Waals surface area contributed by atoms with Gasteiger partial charge in [0, 0.05) is 0 Å². The summed E-state index contributed by atoms with van der Waals surface area (Å²) in [6.07, 6.45) is 0. The molecule has 0 aromatic heterocycles. The Hall–Kier alpha value is -4.98. The number of hydrogen-bond donors (Lipinski definition) is 2. The van der Waals surface area contributed by atoms with Gasteiger partial charge in [-0.3, -0.25) is 0 Å². The van der Waals surface area contributed by atoms with Crippen LogP contribution in [0.1, 0.15) is 41.4 Å². The van der Waals surface area contributed by atoms with Crippen LogP contribution in [0.5, 0.6) is 0 Å². The third kappa shape index (κ3) is 5.23. The van der Waals surface area contributed by atoms with Gasteiger partial charge in [-0.2, -0.15) is 0 Å². The quantitative estimate of drug-likeness (QED) is 0.393. The molecule has 0 radical (unpaired) electrons. The fourth-order valence-electron chi connectivity index (χ4n) is 3.74. The van der Waals surface area contributed by atoms with Gasteiger partial charge in [0.1, 0.15) is 13.2 Å². The Morgan fingerprint density at radius 3 is 1.36 bits per heavy atom. The first-order valence-electron chi connectivity index (χ1n) is 10.9. The average molecular weight is 484 g/mol. The largest absolute Gasteiger partial charge is 0.478 e. The second-order valence-electron chi connectivity index (χ2n) is 7.75. The first kappa shape index (κ1) is 24.2. The zero-order chi connectivity index (χ0) is 25.7. The normalized spacial score (nSPS) is 12.7. The molecule has 0 atom stereocenters. The zero-order valence-corrected chi connectivity index (χ0v) is 18.8. The highest BCUT2D eigenvalue weighted by Crippen LogP contribution is 2.27. The van der Waals surface area contributed by atoms with E-state index in [1.807, 2.05) is 0 Å². The fraction of sp³-hybridized carbons (Fsp3) is 0.0714. The number of carboxylic acid groups (broad SMARTS) is 2. The number of hydrogen-bond acceptors (Lipinski definition) is 6. The first-order chi connectivity index (χ1) is 17.3. The van der Waals surface area contributed by atoms with Gasteiger partial charge in [0.2, 0.25) is 0 Å². The third-order valence-corrected chi connectivity index (χ3v) is 5.47. The van der Waals surface area contributed by atoms with Crippen molar-refractivity contribution < 1.29 is 38.9 Å². The van der Waals surface area contributed by atoms with Gasteiger partial charge in [-0.15, -0.1) is 0 Å². The SMILES string of the molecule is O=C(O)c1ccccc1-c1ccccc1C(=O)O.O=C1OCCOC(=O)c2ccc3cc1ccc3c2. The van der Waals surface area contributed by atoms with Gasteiger partial charge in [0.25, 0.3) is 0 Å². The number of carbonyl (C=O) groups excluding carboxylic acids is 2. The molecule has 0 fully saturated rings. The maximum absolute atomic E-state index is 11.7. The van der Waals surface area contributed by atoms with Crippen molar-refractivity contribution in [3.63, 3.8) is 0 Å². The Labute approximate surface area is 205 Å². The Bertz CT molecular complexity index is 1380. The molecule has 4 aromatic carbocycles. The summed E-state index contributed by atoms with van der Waals surface area (Å²) in [4.78, 5) is 45.7. The van der Waals surface area contributed by atoms with Crippen molar-refractivity contribution in [2.45, 2.75) is 0 Å². The van der Waals surface area contributed by atoms with Crippen LogP contribution in [-0.4, -0.2) is 47.3 Å². The molecule has 3 heterocycles. The summed E-state index contributed by atoms with van der Waals surface area (Å²) >= 11 is 0. The van der Waals surface area contributed by atoms with Crippen LogP contribution < -0.4 is 0 Å². The molecule has 3 aliphatic rings. The van der Waals surface area contributed by atoms with E-state index in [9.17, 15) is 19.2 Å². The van der Waals surface area contributed by atoms with E-state index < -0.39 is 23.9 Å². The number of benzene rings is 4. The second kappa shape index (κ2) is 10.5. The third-order valence-electron chi connectivity index (χ3n) is 5.47. The maximum atomic E-state index is 11.7. The van der Waals surface area contributed by atoms with Crippen LogP contribution in [0, 0.1) is 0 Å². The predicted octanol–water partition coefficient (Wildman–Crippen LogP) is 4.92. The molecule has 2 N–H and O–H groups in total. The van der Waals surface area contributed by atoms with Gasteiger partial charge in [-0.1, -0.05) is 48.5 Å². The topological polar surface area (TPSA) is 127 Å².